The van der Waals surface area contributed by atoms with E-state index in [0.717, 1.165) is 5.56 Å². The van der Waals surface area contributed by atoms with Gasteiger partial charge in [-0.2, -0.15) is 0 Å². The number of halogens is 2. The Morgan fingerprint density at radius 2 is 1.97 bits per heavy atom. The molecule has 2 aromatic carbocycles. The van der Waals surface area contributed by atoms with Crippen LogP contribution in [-0.4, -0.2) is 50.7 Å². The van der Waals surface area contributed by atoms with Gasteiger partial charge in [0.25, 0.3) is 5.56 Å². The number of carbonyl (C=O) groups is 1. The number of hydrogen-bond donors (Lipinski definition) is 1. The fourth-order valence-corrected chi connectivity index (χ4v) is 4.09. The summed E-state index contributed by atoms with van der Waals surface area (Å²) in [5, 5.41) is 9.92. The number of aliphatic hydroxyl groups is 1. The molecule has 1 aliphatic heterocycles. The van der Waals surface area contributed by atoms with Crippen molar-refractivity contribution in [3.8, 4) is 0 Å². The van der Waals surface area contributed by atoms with Gasteiger partial charge in [0.1, 0.15) is 22.9 Å². The molecular formula is C22H19Cl2N5O3. The molecule has 4 rings (SSSR count). The van der Waals surface area contributed by atoms with Gasteiger partial charge in [-0.25, -0.2) is 9.98 Å². The Hall–Kier alpha value is -3.07. The van der Waals surface area contributed by atoms with Crippen molar-refractivity contribution >= 4 is 57.2 Å². The summed E-state index contributed by atoms with van der Waals surface area (Å²) >= 11 is 12.3. The number of aliphatic imine (C=N–C) groups is 2. The number of fused-ring (bicyclic) bond motifs is 1. The summed E-state index contributed by atoms with van der Waals surface area (Å²) in [6, 6.07) is 14.5. The maximum absolute atomic E-state index is 13.2. The molecule has 1 amide bonds. The molecule has 0 saturated carbocycles. The van der Waals surface area contributed by atoms with Gasteiger partial charge < -0.3 is 10.0 Å². The fourth-order valence-electron chi connectivity index (χ4n) is 3.49. The molecule has 1 N–H and O–H groups in total. The highest BCUT2D eigenvalue weighted by molar-refractivity contribution is 6.69. The van der Waals surface area contributed by atoms with Crippen LogP contribution >= 0.6 is 23.2 Å². The number of benzene rings is 2. The number of aromatic nitrogens is 2. The first kappa shape index (κ1) is 22.1. The minimum absolute atomic E-state index is 0.0145. The van der Waals surface area contributed by atoms with Crippen LogP contribution in [-0.2, 0) is 11.3 Å². The molecule has 10 heteroatoms. The third-order valence-corrected chi connectivity index (χ3v) is 5.79. The number of aliphatic hydroxyl groups excluding tert-OH is 1. The maximum atomic E-state index is 13.2. The van der Waals surface area contributed by atoms with Crippen molar-refractivity contribution in [1.29, 1.82) is 0 Å². The molecule has 0 spiro atoms. The number of carbonyl (C=O) groups excluding carboxylic acids is 1. The molecule has 1 aliphatic rings. The quantitative estimate of drug-likeness (QED) is 0.441. The number of hydrogen-bond acceptors (Lipinski definition) is 6. The summed E-state index contributed by atoms with van der Waals surface area (Å²) in [7, 11) is 0. The van der Waals surface area contributed by atoms with Gasteiger partial charge in [0, 0.05) is 12.2 Å². The van der Waals surface area contributed by atoms with Crippen molar-refractivity contribution in [2.45, 2.75) is 12.0 Å². The highest BCUT2D eigenvalue weighted by Crippen LogP contribution is 2.26. The lowest BCUT2D eigenvalue weighted by molar-refractivity contribution is -0.120. The van der Waals surface area contributed by atoms with Gasteiger partial charge in [-0.15, -0.1) is 0 Å². The Balaban J connectivity index is 1.72. The molecule has 2 unspecified atom stereocenters. The molecule has 0 aliphatic carbocycles. The number of amides is 1. The van der Waals surface area contributed by atoms with Crippen LogP contribution in [0.1, 0.15) is 5.56 Å². The van der Waals surface area contributed by atoms with Crippen molar-refractivity contribution in [3.63, 3.8) is 0 Å². The Labute approximate surface area is 193 Å². The number of anilines is 1. The van der Waals surface area contributed by atoms with E-state index in [4.69, 9.17) is 23.2 Å². The zero-order valence-electron chi connectivity index (χ0n) is 16.8. The SMILES string of the molecule is O=C(C1C(Cl)=NC=NC1Cl)N(CCO)c1ccc2ncn(Cc3ccccc3)c(=O)c2c1. The zero-order valence-corrected chi connectivity index (χ0v) is 18.3. The second-order valence-electron chi connectivity index (χ2n) is 7.14. The number of alkyl halides is 1. The van der Waals surface area contributed by atoms with E-state index in [1.807, 2.05) is 30.3 Å². The summed E-state index contributed by atoms with van der Waals surface area (Å²) in [5.74, 6) is -1.47. The molecule has 1 aromatic heterocycles. The molecule has 8 nitrogen and oxygen atoms in total. The van der Waals surface area contributed by atoms with Crippen LogP contribution in [0.2, 0.25) is 0 Å². The van der Waals surface area contributed by atoms with E-state index in [1.54, 1.807) is 18.2 Å². The van der Waals surface area contributed by atoms with Crippen LogP contribution in [0.4, 0.5) is 5.69 Å². The standard InChI is InChI=1S/C22H19Cl2N5O3/c23-19-18(20(24)26-12-25-19)22(32)29(8-9-30)15-6-7-17-16(10-15)21(31)28(13-27-17)11-14-4-2-1-3-5-14/h1-7,10,12-13,18-19,30H,8-9,11H2. The normalized spacial score (nSPS) is 17.9. The van der Waals surface area contributed by atoms with E-state index >= 15 is 0 Å². The molecule has 0 bridgehead atoms. The summed E-state index contributed by atoms with van der Waals surface area (Å²) in [6.07, 6.45) is 2.71. The van der Waals surface area contributed by atoms with Gasteiger partial charge in [0.05, 0.1) is 30.4 Å². The summed E-state index contributed by atoms with van der Waals surface area (Å²) < 4.78 is 1.51. The molecule has 0 saturated heterocycles. The first-order chi connectivity index (χ1) is 15.5. The van der Waals surface area contributed by atoms with E-state index in [1.165, 1.54) is 22.1 Å². The molecule has 0 radical (unpaired) electrons. The summed E-state index contributed by atoms with van der Waals surface area (Å²) in [4.78, 5) is 39.9. The predicted octanol–water partition coefficient (Wildman–Crippen LogP) is 2.63. The monoisotopic (exact) mass is 471 g/mol. The topological polar surface area (TPSA) is 100 Å². The van der Waals surface area contributed by atoms with E-state index in [-0.39, 0.29) is 23.9 Å². The van der Waals surface area contributed by atoms with Gasteiger partial charge >= 0.3 is 0 Å². The Morgan fingerprint density at radius 1 is 1.19 bits per heavy atom. The van der Waals surface area contributed by atoms with Crippen LogP contribution in [0, 0.1) is 5.92 Å². The Kier molecular flexibility index (Phi) is 6.64. The fraction of sp³-hybridized carbons (Fsp3) is 0.227. The van der Waals surface area contributed by atoms with Crippen LogP contribution in [0.15, 0.2) is 69.6 Å². The van der Waals surface area contributed by atoms with Crippen LogP contribution in [0.5, 0.6) is 0 Å². The molecule has 3 aromatic rings. The summed E-state index contributed by atoms with van der Waals surface area (Å²) in [5.41, 5.74) is 0.712. The second kappa shape index (κ2) is 9.60. The molecule has 32 heavy (non-hydrogen) atoms. The smallest absolute Gasteiger partial charge is 0.261 e. The molecule has 164 valence electrons. The third-order valence-electron chi connectivity index (χ3n) is 5.09. The Bertz CT molecular complexity index is 1260. The van der Waals surface area contributed by atoms with E-state index in [0.29, 0.717) is 23.1 Å². The predicted molar refractivity (Wildman–Crippen MR) is 126 cm³/mol. The largest absolute Gasteiger partial charge is 0.395 e. The van der Waals surface area contributed by atoms with Gasteiger partial charge in [-0.05, 0) is 23.8 Å². The number of rotatable bonds is 6. The Morgan fingerprint density at radius 3 is 2.69 bits per heavy atom. The molecular weight excluding hydrogens is 453 g/mol. The number of nitrogens with zero attached hydrogens (tertiary/aromatic N) is 5. The lowest BCUT2D eigenvalue weighted by Crippen LogP contribution is -2.44. The maximum Gasteiger partial charge on any atom is 0.261 e. The molecule has 0 fully saturated rings. The van der Waals surface area contributed by atoms with Gasteiger partial charge in [0.2, 0.25) is 5.91 Å². The van der Waals surface area contributed by atoms with Crippen molar-refractivity contribution < 1.29 is 9.90 Å². The van der Waals surface area contributed by atoms with Crippen LogP contribution in [0.25, 0.3) is 10.9 Å². The van der Waals surface area contributed by atoms with Gasteiger partial charge in [-0.3, -0.25) is 19.1 Å². The van der Waals surface area contributed by atoms with Crippen LogP contribution < -0.4 is 10.5 Å². The second-order valence-corrected chi connectivity index (χ2v) is 7.98. The average molecular weight is 472 g/mol. The highest BCUT2D eigenvalue weighted by Gasteiger charge is 2.36. The summed E-state index contributed by atoms with van der Waals surface area (Å²) in [6.45, 7) is 0.0514. The van der Waals surface area contributed by atoms with Crippen molar-refractivity contribution in [2.75, 3.05) is 18.1 Å². The van der Waals surface area contributed by atoms with E-state index in [9.17, 15) is 14.7 Å². The first-order valence-corrected chi connectivity index (χ1v) is 10.7. The third kappa shape index (κ3) is 4.43. The molecule has 2 atom stereocenters. The van der Waals surface area contributed by atoms with Crippen molar-refractivity contribution in [3.05, 3.63) is 70.8 Å². The van der Waals surface area contributed by atoms with Gasteiger partial charge in [0.15, 0.2) is 0 Å². The van der Waals surface area contributed by atoms with Gasteiger partial charge in [-0.1, -0.05) is 53.5 Å². The minimum Gasteiger partial charge on any atom is -0.395 e. The van der Waals surface area contributed by atoms with Crippen molar-refractivity contribution in [2.24, 2.45) is 15.9 Å². The highest BCUT2D eigenvalue weighted by atomic mass is 35.5. The zero-order chi connectivity index (χ0) is 22.7. The minimum atomic E-state index is -0.991. The van der Waals surface area contributed by atoms with E-state index < -0.39 is 17.3 Å². The average Bonchev–Trinajstić information content (AvgIpc) is 2.80. The van der Waals surface area contributed by atoms with E-state index in [2.05, 4.69) is 15.0 Å². The molecule has 2 heterocycles. The lowest BCUT2D eigenvalue weighted by atomic mass is 10.1. The van der Waals surface area contributed by atoms with Crippen LogP contribution in [0.3, 0.4) is 0 Å². The lowest BCUT2D eigenvalue weighted by Gasteiger charge is -2.28. The van der Waals surface area contributed by atoms with Crippen molar-refractivity contribution in [1.82, 2.24) is 9.55 Å². The first-order valence-electron chi connectivity index (χ1n) is 9.84.